The lowest BCUT2D eigenvalue weighted by atomic mass is 9.94. The maximum absolute atomic E-state index is 12.5. The van der Waals surface area contributed by atoms with Crippen molar-refractivity contribution in [3.63, 3.8) is 0 Å². The molecule has 1 amide bonds. The molecule has 1 fully saturated rings. The monoisotopic (exact) mass is 407 g/mol. The van der Waals surface area contributed by atoms with Gasteiger partial charge in [-0.2, -0.15) is 0 Å². The zero-order valence-corrected chi connectivity index (χ0v) is 13.7. The van der Waals surface area contributed by atoms with Crippen LogP contribution in [0.3, 0.4) is 0 Å². The molecule has 1 atom stereocenters. The molecule has 0 aliphatic carbocycles. The summed E-state index contributed by atoms with van der Waals surface area (Å²) in [6, 6.07) is 5.24. The van der Waals surface area contributed by atoms with Gasteiger partial charge in [-0.1, -0.05) is 11.6 Å². The molecule has 20 heavy (non-hydrogen) atoms. The van der Waals surface area contributed by atoms with Crippen molar-refractivity contribution in [1.82, 2.24) is 4.90 Å². The zero-order chi connectivity index (χ0) is 14.7. The Morgan fingerprint density at radius 1 is 1.45 bits per heavy atom. The molecule has 108 valence electrons. The second-order valence-corrected chi connectivity index (χ2v) is 6.58. The molecule has 0 bridgehead atoms. The van der Waals surface area contributed by atoms with Crippen LogP contribution in [-0.2, 0) is 4.79 Å². The highest BCUT2D eigenvalue weighted by atomic mass is 127. The van der Waals surface area contributed by atoms with Crippen LogP contribution in [0.4, 0.5) is 0 Å². The van der Waals surface area contributed by atoms with Gasteiger partial charge in [-0.25, -0.2) is 0 Å². The predicted molar refractivity (Wildman–Crippen MR) is 85.0 cm³/mol. The third-order valence-corrected chi connectivity index (χ3v) is 4.60. The number of likely N-dealkylation sites (tertiary alicyclic amines) is 1. The van der Waals surface area contributed by atoms with Crippen LogP contribution >= 0.6 is 34.2 Å². The van der Waals surface area contributed by atoms with Crippen molar-refractivity contribution in [2.24, 2.45) is 5.92 Å². The topological polar surface area (TPSA) is 57.6 Å². The van der Waals surface area contributed by atoms with E-state index in [1.807, 2.05) is 6.07 Å². The van der Waals surface area contributed by atoms with E-state index in [0.29, 0.717) is 23.7 Å². The minimum atomic E-state index is -0.804. The summed E-state index contributed by atoms with van der Waals surface area (Å²) in [7, 11) is 0. The van der Waals surface area contributed by atoms with Crippen LogP contribution in [0.5, 0.6) is 0 Å². The van der Waals surface area contributed by atoms with Gasteiger partial charge in [0.15, 0.2) is 0 Å². The highest BCUT2D eigenvalue weighted by molar-refractivity contribution is 14.1. The number of nitrogens with zero attached hydrogens (tertiary/aromatic N) is 1. The molecule has 0 radical (unpaired) electrons. The smallest absolute Gasteiger partial charge is 0.303 e. The summed E-state index contributed by atoms with van der Waals surface area (Å²) in [5.41, 5.74) is 0.592. The Morgan fingerprint density at radius 3 is 2.90 bits per heavy atom. The Hall–Kier alpha value is -0.820. The van der Waals surface area contributed by atoms with Gasteiger partial charge in [-0.15, -0.1) is 0 Å². The number of carbonyl (C=O) groups excluding carboxylic acids is 1. The fraction of sp³-hybridized carbons (Fsp3) is 0.429. The quantitative estimate of drug-likeness (QED) is 0.783. The highest BCUT2D eigenvalue weighted by Crippen LogP contribution is 2.24. The lowest BCUT2D eigenvalue weighted by Crippen LogP contribution is -2.40. The molecule has 1 heterocycles. The first-order valence-corrected chi connectivity index (χ1v) is 7.89. The molecule has 2 rings (SSSR count). The van der Waals surface area contributed by atoms with Gasteiger partial charge < -0.3 is 10.0 Å². The number of hydrogen-bond donors (Lipinski definition) is 1. The summed E-state index contributed by atoms with van der Waals surface area (Å²) in [4.78, 5) is 25.1. The standard InChI is InChI=1S/C14H15ClINO3/c15-10-3-4-12(16)11(7-10)14(20)17-5-1-2-9(8-17)6-13(18)19/h3-4,7,9H,1-2,5-6,8H2,(H,18,19). The van der Waals surface area contributed by atoms with Gasteiger partial charge in [0.1, 0.15) is 0 Å². The number of benzene rings is 1. The van der Waals surface area contributed by atoms with Crippen molar-refractivity contribution in [3.05, 3.63) is 32.4 Å². The van der Waals surface area contributed by atoms with Crippen molar-refractivity contribution >= 4 is 46.1 Å². The summed E-state index contributed by atoms with van der Waals surface area (Å²) in [5.74, 6) is -0.823. The summed E-state index contributed by atoms with van der Waals surface area (Å²) >= 11 is 8.06. The molecule has 1 saturated heterocycles. The lowest BCUT2D eigenvalue weighted by molar-refractivity contribution is -0.138. The Kier molecular flexibility index (Phi) is 5.26. The molecular formula is C14H15ClINO3. The maximum Gasteiger partial charge on any atom is 0.303 e. The van der Waals surface area contributed by atoms with Gasteiger partial charge in [0.25, 0.3) is 5.91 Å². The van der Waals surface area contributed by atoms with E-state index in [2.05, 4.69) is 22.6 Å². The van der Waals surface area contributed by atoms with Crippen molar-refractivity contribution in [3.8, 4) is 0 Å². The summed E-state index contributed by atoms with van der Waals surface area (Å²) in [5, 5.41) is 9.40. The second-order valence-electron chi connectivity index (χ2n) is 4.98. The van der Waals surface area contributed by atoms with Crippen molar-refractivity contribution in [2.45, 2.75) is 19.3 Å². The Morgan fingerprint density at radius 2 is 2.20 bits per heavy atom. The highest BCUT2D eigenvalue weighted by Gasteiger charge is 2.26. The number of piperidine rings is 1. The van der Waals surface area contributed by atoms with Gasteiger partial charge in [0.2, 0.25) is 0 Å². The second kappa shape index (κ2) is 6.76. The van der Waals surface area contributed by atoms with Gasteiger partial charge in [0, 0.05) is 28.1 Å². The number of amides is 1. The van der Waals surface area contributed by atoms with E-state index < -0.39 is 5.97 Å². The van der Waals surface area contributed by atoms with Gasteiger partial charge in [-0.3, -0.25) is 9.59 Å². The molecule has 0 aromatic heterocycles. The van der Waals surface area contributed by atoms with Crippen LogP contribution in [0.25, 0.3) is 0 Å². The Labute approximate surface area is 136 Å². The minimum Gasteiger partial charge on any atom is -0.481 e. The SMILES string of the molecule is O=C(O)CC1CCCN(C(=O)c2cc(Cl)ccc2I)C1. The molecule has 4 nitrogen and oxygen atoms in total. The first kappa shape index (κ1) is 15.6. The van der Waals surface area contributed by atoms with Crippen molar-refractivity contribution in [1.29, 1.82) is 0 Å². The molecule has 1 N–H and O–H groups in total. The molecule has 1 aromatic rings. The van der Waals surface area contributed by atoms with Crippen LogP contribution in [-0.4, -0.2) is 35.0 Å². The first-order valence-electron chi connectivity index (χ1n) is 6.43. The summed E-state index contributed by atoms with van der Waals surface area (Å²) in [6.45, 7) is 1.19. The van der Waals surface area contributed by atoms with Crippen LogP contribution in [0, 0.1) is 9.49 Å². The Bertz CT molecular complexity index is 535. The van der Waals surface area contributed by atoms with E-state index in [4.69, 9.17) is 16.7 Å². The third kappa shape index (κ3) is 3.85. The largest absolute Gasteiger partial charge is 0.481 e. The van der Waals surface area contributed by atoms with Crippen LogP contribution in [0.1, 0.15) is 29.6 Å². The lowest BCUT2D eigenvalue weighted by Gasteiger charge is -2.32. The fourth-order valence-corrected chi connectivity index (χ4v) is 3.23. The summed E-state index contributed by atoms with van der Waals surface area (Å²) < 4.78 is 0.859. The minimum absolute atomic E-state index is 0.0436. The van der Waals surface area contributed by atoms with Crippen LogP contribution < -0.4 is 0 Å². The van der Waals surface area contributed by atoms with E-state index in [-0.39, 0.29) is 18.2 Å². The number of halogens is 2. The average molecular weight is 408 g/mol. The molecule has 0 spiro atoms. The molecule has 6 heteroatoms. The molecule has 0 saturated carbocycles. The number of aliphatic carboxylic acids is 1. The molecule has 1 aliphatic rings. The van der Waals surface area contributed by atoms with E-state index in [9.17, 15) is 9.59 Å². The van der Waals surface area contributed by atoms with E-state index >= 15 is 0 Å². The van der Waals surface area contributed by atoms with Crippen LogP contribution in [0.2, 0.25) is 5.02 Å². The molecule has 1 aliphatic heterocycles. The first-order chi connectivity index (χ1) is 9.47. The normalized spacial score (nSPS) is 18.9. The Balaban J connectivity index is 2.12. The number of carboxylic acids is 1. The van der Waals surface area contributed by atoms with Gasteiger partial charge in [-0.05, 0) is 59.5 Å². The number of hydrogen-bond acceptors (Lipinski definition) is 2. The van der Waals surface area contributed by atoms with Crippen molar-refractivity contribution in [2.75, 3.05) is 13.1 Å². The maximum atomic E-state index is 12.5. The summed E-state index contributed by atoms with van der Waals surface area (Å²) in [6.07, 6.45) is 1.83. The van der Waals surface area contributed by atoms with Crippen LogP contribution in [0.15, 0.2) is 18.2 Å². The van der Waals surface area contributed by atoms with E-state index in [1.54, 1.807) is 17.0 Å². The van der Waals surface area contributed by atoms with Crippen molar-refractivity contribution < 1.29 is 14.7 Å². The third-order valence-electron chi connectivity index (χ3n) is 3.43. The predicted octanol–water partition coefficient (Wildman–Crippen LogP) is 3.27. The number of carboxylic acid groups (broad SMARTS) is 1. The zero-order valence-electron chi connectivity index (χ0n) is 10.8. The average Bonchev–Trinajstić information content (AvgIpc) is 2.40. The number of rotatable bonds is 3. The number of carbonyl (C=O) groups is 2. The van der Waals surface area contributed by atoms with E-state index in [1.165, 1.54) is 0 Å². The van der Waals surface area contributed by atoms with E-state index in [0.717, 1.165) is 16.4 Å². The molecular weight excluding hydrogens is 393 g/mol. The van der Waals surface area contributed by atoms with Gasteiger partial charge >= 0.3 is 5.97 Å². The fourth-order valence-electron chi connectivity index (χ4n) is 2.49. The molecule has 1 unspecified atom stereocenters. The molecule has 1 aromatic carbocycles. The van der Waals surface area contributed by atoms with Gasteiger partial charge in [0.05, 0.1) is 5.56 Å².